The number of hydrogen-bond acceptors (Lipinski definition) is 4. The van der Waals surface area contributed by atoms with Crippen molar-refractivity contribution in [3.63, 3.8) is 0 Å². The van der Waals surface area contributed by atoms with Gasteiger partial charge in [0.25, 0.3) is 0 Å². The Hall–Kier alpha value is -2.32. The second kappa shape index (κ2) is 12.4. The second-order valence-corrected chi connectivity index (χ2v) is 7.13. The summed E-state index contributed by atoms with van der Waals surface area (Å²) >= 11 is 0. The number of hydrogen-bond donors (Lipinski definition) is 4. The first-order chi connectivity index (χ1) is 13.5. The maximum atomic E-state index is 12.3. The molecule has 1 heterocycles. The molecule has 1 saturated heterocycles. The van der Waals surface area contributed by atoms with Gasteiger partial charge in [-0.1, -0.05) is 30.3 Å². The molecule has 3 rings (SSSR count). The average molecular weight is 454 g/mol. The number of amides is 3. The van der Waals surface area contributed by atoms with Crippen molar-refractivity contribution in [1.29, 1.82) is 0 Å². The lowest BCUT2D eigenvalue weighted by Crippen LogP contribution is -2.44. The van der Waals surface area contributed by atoms with E-state index in [4.69, 9.17) is 5.73 Å². The van der Waals surface area contributed by atoms with Crippen molar-refractivity contribution in [2.45, 2.75) is 24.9 Å². The molecule has 7 nitrogen and oxygen atoms in total. The molecule has 0 saturated carbocycles. The first-order valence-electron chi connectivity index (χ1n) is 9.49. The average Bonchev–Trinajstić information content (AvgIpc) is 2.71. The van der Waals surface area contributed by atoms with Crippen LogP contribution in [-0.4, -0.2) is 43.0 Å². The molecular formula is C21H29Cl2N5O2. The lowest BCUT2D eigenvalue weighted by molar-refractivity contribution is -0.117. The van der Waals surface area contributed by atoms with Gasteiger partial charge in [0.15, 0.2) is 0 Å². The zero-order chi connectivity index (χ0) is 19.9. The molecule has 2 aromatic carbocycles. The first kappa shape index (κ1) is 25.7. The maximum absolute atomic E-state index is 12.3. The Balaban J connectivity index is 0.00000225. The van der Waals surface area contributed by atoms with E-state index >= 15 is 0 Å². The maximum Gasteiger partial charge on any atom is 0.319 e. The zero-order valence-corrected chi connectivity index (χ0v) is 18.5. The Kier molecular flexibility index (Phi) is 10.6. The Morgan fingerprint density at radius 1 is 0.933 bits per heavy atom. The topological polar surface area (TPSA) is 99.5 Å². The van der Waals surface area contributed by atoms with E-state index in [1.807, 2.05) is 30.3 Å². The lowest BCUT2D eigenvalue weighted by Gasteiger charge is -2.29. The van der Waals surface area contributed by atoms with Crippen LogP contribution in [-0.2, 0) is 4.79 Å². The predicted octanol–water partition coefficient (Wildman–Crippen LogP) is 3.38. The van der Waals surface area contributed by atoms with E-state index in [2.05, 4.69) is 27.9 Å². The number of piperidine rings is 1. The third kappa shape index (κ3) is 7.50. The smallest absolute Gasteiger partial charge is 0.319 e. The summed E-state index contributed by atoms with van der Waals surface area (Å²) in [6, 6.07) is 15.4. The quantitative estimate of drug-likeness (QED) is 0.557. The summed E-state index contributed by atoms with van der Waals surface area (Å²) in [4.78, 5) is 26.7. The van der Waals surface area contributed by atoms with Gasteiger partial charge in [-0.2, -0.15) is 0 Å². The number of halogens is 2. The molecule has 1 aliphatic rings. The lowest BCUT2D eigenvalue weighted by atomic mass is 10.1. The van der Waals surface area contributed by atoms with Crippen LogP contribution in [0.25, 0.3) is 0 Å². The monoisotopic (exact) mass is 453 g/mol. The molecule has 1 atom stereocenters. The summed E-state index contributed by atoms with van der Waals surface area (Å²) < 4.78 is 0. The van der Waals surface area contributed by atoms with Gasteiger partial charge in [-0.15, -0.1) is 24.8 Å². The van der Waals surface area contributed by atoms with Crippen molar-refractivity contribution < 1.29 is 9.59 Å². The third-order valence-electron chi connectivity index (χ3n) is 4.91. The molecule has 0 spiro atoms. The number of anilines is 2. The molecule has 3 amide bonds. The minimum Gasteiger partial charge on any atom is -0.335 e. The van der Waals surface area contributed by atoms with Crippen molar-refractivity contribution >= 4 is 48.1 Å². The molecule has 164 valence electrons. The van der Waals surface area contributed by atoms with E-state index in [1.54, 1.807) is 24.3 Å². The molecular weight excluding hydrogens is 425 g/mol. The van der Waals surface area contributed by atoms with E-state index in [1.165, 1.54) is 0 Å². The van der Waals surface area contributed by atoms with Crippen LogP contribution in [0.1, 0.15) is 24.4 Å². The Morgan fingerprint density at radius 2 is 1.47 bits per heavy atom. The van der Waals surface area contributed by atoms with Crippen LogP contribution in [0.2, 0.25) is 0 Å². The SMILES string of the molecule is CN1CCC(NC(=O)Nc2ccc(NC(=O)C(N)c3ccccc3)cc2)CC1.Cl.Cl. The van der Waals surface area contributed by atoms with E-state index < -0.39 is 6.04 Å². The molecule has 0 bridgehead atoms. The van der Waals surface area contributed by atoms with Gasteiger partial charge in [-0.05, 0) is 62.8 Å². The largest absolute Gasteiger partial charge is 0.335 e. The Bertz CT molecular complexity index is 797. The van der Waals surface area contributed by atoms with E-state index in [-0.39, 0.29) is 42.8 Å². The number of nitrogens with two attached hydrogens (primary N) is 1. The van der Waals surface area contributed by atoms with Crippen LogP contribution in [0.5, 0.6) is 0 Å². The molecule has 1 aliphatic heterocycles. The molecule has 1 unspecified atom stereocenters. The molecule has 0 aliphatic carbocycles. The second-order valence-electron chi connectivity index (χ2n) is 7.13. The number of carbonyl (C=O) groups excluding carboxylic acids is 2. The minimum atomic E-state index is -0.737. The standard InChI is InChI=1S/C21H27N5O2.2ClH/c1-26-13-11-18(12-14-26)25-21(28)24-17-9-7-16(8-10-17)23-20(27)19(22)15-5-3-2-4-6-15;;/h2-10,18-19H,11-14,22H2,1H3,(H,23,27)(H2,24,25,28);2*1H. The number of urea groups is 1. The summed E-state index contributed by atoms with van der Waals surface area (Å²) in [5.74, 6) is -0.285. The van der Waals surface area contributed by atoms with Crippen molar-refractivity contribution in [1.82, 2.24) is 10.2 Å². The fourth-order valence-electron chi connectivity index (χ4n) is 3.17. The summed E-state index contributed by atoms with van der Waals surface area (Å²) in [7, 11) is 2.09. The van der Waals surface area contributed by atoms with Crippen LogP contribution in [0, 0.1) is 0 Å². The van der Waals surface area contributed by atoms with Crippen molar-refractivity contribution in [2.24, 2.45) is 5.73 Å². The van der Waals surface area contributed by atoms with Gasteiger partial charge in [0.1, 0.15) is 6.04 Å². The van der Waals surface area contributed by atoms with Crippen LogP contribution in [0.15, 0.2) is 54.6 Å². The minimum absolute atomic E-state index is 0. The highest BCUT2D eigenvalue weighted by molar-refractivity contribution is 5.96. The van der Waals surface area contributed by atoms with E-state index in [9.17, 15) is 9.59 Å². The van der Waals surface area contributed by atoms with Crippen molar-refractivity contribution in [2.75, 3.05) is 30.8 Å². The molecule has 5 N–H and O–H groups in total. The first-order valence-corrected chi connectivity index (χ1v) is 9.49. The van der Waals surface area contributed by atoms with Crippen LogP contribution < -0.4 is 21.7 Å². The van der Waals surface area contributed by atoms with E-state index in [0.29, 0.717) is 11.4 Å². The molecule has 0 aromatic heterocycles. The normalized spacial score (nSPS) is 15.1. The number of nitrogens with one attached hydrogen (secondary N) is 3. The molecule has 2 aromatic rings. The van der Waals surface area contributed by atoms with Gasteiger partial charge in [0.05, 0.1) is 0 Å². The number of nitrogens with zero attached hydrogens (tertiary/aromatic N) is 1. The van der Waals surface area contributed by atoms with E-state index in [0.717, 1.165) is 31.5 Å². The highest BCUT2D eigenvalue weighted by Gasteiger charge is 2.18. The summed E-state index contributed by atoms with van der Waals surface area (Å²) in [6.45, 7) is 1.98. The fourth-order valence-corrected chi connectivity index (χ4v) is 3.17. The van der Waals surface area contributed by atoms with Crippen LogP contribution in [0.3, 0.4) is 0 Å². The molecule has 0 radical (unpaired) electrons. The Labute approximate surface area is 189 Å². The van der Waals surface area contributed by atoms with Crippen molar-refractivity contribution in [3.8, 4) is 0 Å². The zero-order valence-electron chi connectivity index (χ0n) is 16.8. The fraction of sp³-hybridized carbons (Fsp3) is 0.333. The van der Waals surface area contributed by atoms with Gasteiger partial charge in [-0.25, -0.2) is 4.79 Å². The molecule has 30 heavy (non-hydrogen) atoms. The van der Waals surface area contributed by atoms with Gasteiger partial charge < -0.3 is 26.6 Å². The molecule has 1 fully saturated rings. The number of likely N-dealkylation sites (tertiary alicyclic amines) is 1. The van der Waals surface area contributed by atoms with Gasteiger partial charge in [0, 0.05) is 17.4 Å². The number of rotatable bonds is 5. The third-order valence-corrected chi connectivity index (χ3v) is 4.91. The summed E-state index contributed by atoms with van der Waals surface area (Å²) in [5.41, 5.74) is 8.04. The summed E-state index contributed by atoms with van der Waals surface area (Å²) in [6.07, 6.45) is 1.91. The van der Waals surface area contributed by atoms with Crippen LogP contribution >= 0.6 is 24.8 Å². The highest BCUT2D eigenvalue weighted by atomic mass is 35.5. The van der Waals surface area contributed by atoms with Gasteiger partial charge >= 0.3 is 6.03 Å². The van der Waals surface area contributed by atoms with Gasteiger partial charge in [-0.3, -0.25) is 4.79 Å². The number of benzene rings is 2. The molecule has 9 heteroatoms. The van der Waals surface area contributed by atoms with Crippen LogP contribution in [0.4, 0.5) is 16.2 Å². The summed E-state index contributed by atoms with van der Waals surface area (Å²) in [5, 5.41) is 8.63. The van der Waals surface area contributed by atoms with Gasteiger partial charge in [0.2, 0.25) is 5.91 Å². The Morgan fingerprint density at radius 3 is 2.03 bits per heavy atom. The predicted molar refractivity (Wildman–Crippen MR) is 126 cm³/mol. The van der Waals surface area contributed by atoms with Crippen molar-refractivity contribution in [3.05, 3.63) is 60.2 Å². The highest BCUT2D eigenvalue weighted by Crippen LogP contribution is 2.17. The number of carbonyl (C=O) groups is 2.